The summed E-state index contributed by atoms with van der Waals surface area (Å²) in [7, 11) is 1.74. The largest absolute Gasteiger partial charge is 0.475 e. The molecule has 0 aliphatic heterocycles. The first-order valence-corrected chi connectivity index (χ1v) is 4.86. The Labute approximate surface area is 83.7 Å². The highest BCUT2D eigenvalue weighted by molar-refractivity contribution is 9.10. The van der Waals surface area contributed by atoms with Crippen LogP contribution in [-0.2, 0) is 7.05 Å². The molecule has 0 radical (unpaired) electrons. The summed E-state index contributed by atoms with van der Waals surface area (Å²) in [5.41, 5.74) is 1.01. The number of carboxylic acid groups (broad SMARTS) is 1. The van der Waals surface area contributed by atoms with E-state index in [2.05, 4.69) is 20.9 Å². The molecule has 0 unspecified atom stereocenters. The third kappa shape index (κ3) is 1.37. The predicted molar refractivity (Wildman–Crippen MR) is 49.8 cm³/mol. The van der Waals surface area contributed by atoms with E-state index in [-0.39, 0.29) is 5.82 Å². The van der Waals surface area contributed by atoms with Gasteiger partial charge in [0.15, 0.2) is 0 Å². The van der Waals surface area contributed by atoms with E-state index in [1.54, 1.807) is 11.6 Å². The van der Waals surface area contributed by atoms with Crippen molar-refractivity contribution in [1.82, 2.24) is 9.55 Å². The molecular formula is C8H9BrN2O2. The third-order valence-corrected chi connectivity index (χ3v) is 2.83. The molecule has 1 aliphatic carbocycles. The zero-order chi connectivity index (χ0) is 9.59. The van der Waals surface area contributed by atoms with Crippen LogP contribution in [0, 0.1) is 0 Å². The minimum absolute atomic E-state index is 0.105. The highest BCUT2D eigenvalue weighted by Gasteiger charge is 2.31. The normalized spacial score (nSPS) is 16.2. The first-order chi connectivity index (χ1) is 6.11. The number of hydrogen-bond acceptors (Lipinski definition) is 2. The highest BCUT2D eigenvalue weighted by atomic mass is 79.9. The Balaban J connectivity index is 2.50. The molecule has 1 heterocycles. The van der Waals surface area contributed by atoms with Gasteiger partial charge in [-0.3, -0.25) is 0 Å². The van der Waals surface area contributed by atoms with E-state index in [0.29, 0.717) is 10.5 Å². The molecule has 0 aromatic carbocycles. The second-order valence-electron chi connectivity index (χ2n) is 3.25. The van der Waals surface area contributed by atoms with E-state index in [1.165, 1.54) is 0 Å². The summed E-state index contributed by atoms with van der Waals surface area (Å²) in [6.07, 6.45) is 2.27. The van der Waals surface area contributed by atoms with Crippen LogP contribution in [0.4, 0.5) is 0 Å². The summed E-state index contributed by atoms with van der Waals surface area (Å²) in [5, 5.41) is 8.80. The molecular weight excluding hydrogens is 236 g/mol. The van der Waals surface area contributed by atoms with Crippen molar-refractivity contribution in [2.75, 3.05) is 0 Å². The number of aromatic carboxylic acids is 1. The molecule has 0 saturated heterocycles. The van der Waals surface area contributed by atoms with Crippen LogP contribution in [0.25, 0.3) is 0 Å². The van der Waals surface area contributed by atoms with Gasteiger partial charge in [0.1, 0.15) is 4.60 Å². The van der Waals surface area contributed by atoms with Gasteiger partial charge in [-0.05, 0) is 28.8 Å². The molecule has 1 saturated carbocycles. The Morgan fingerprint density at radius 3 is 2.69 bits per heavy atom. The van der Waals surface area contributed by atoms with Crippen molar-refractivity contribution in [1.29, 1.82) is 0 Å². The standard InChI is InChI=1S/C8H9BrN2O2/c1-11-5(4-2-3-4)6(9)10-7(11)8(12)13/h4H,2-3H2,1H3,(H,12,13). The lowest BCUT2D eigenvalue weighted by molar-refractivity contribution is 0.0679. The van der Waals surface area contributed by atoms with Gasteiger partial charge in [0, 0.05) is 13.0 Å². The lowest BCUT2D eigenvalue weighted by atomic mass is 10.3. The summed E-state index contributed by atoms with van der Waals surface area (Å²) in [4.78, 5) is 14.7. The Hall–Kier alpha value is -0.840. The zero-order valence-corrected chi connectivity index (χ0v) is 8.71. The maximum absolute atomic E-state index is 10.7. The maximum Gasteiger partial charge on any atom is 0.372 e. The number of rotatable bonds is 2. The molecule has 1 N–H and O–H groups in total. The number of carbonyl (C=O) groups is 1. The van der Waals surface area contributed by atoms with E-state index in [1.807, 2.05) is 0 Å². The predicted octanol–water partition coefficient (Wildman–Crippen LogP) is 1.76. The topological polar surface area (TPSA) is 55.1 Å². The average Bonchev–Trinajstić information content (AvgIpc) is 2.80. The summed E-state index contributed by atoms with van der Waals surface area (Å²) in [5.74, 6) is -0.371. The molecule has 0 bridgehead atoms. The number of nitrogens with zero attached hydrogens (tertiary/aromatic N) is 2. The van der Waals surface area contributed by atoms with Crippen LogP contribution in [0.1, 0.15) is 35.1 Å². The van der Waals surface area contributed by atoms with E-state index >= 15 is 0 Å². The van der Waals surface area contributed by atoms with Gasteiger partial charge in [-0.2, -0.15) is 0 Å². The Morgan fingerprint density at radius 1 is 1.69 bits per heavy atom. The molecule has 2 rings (SSSR count). The van der Waals surface area contributed by atoms with E-state index in [9.17, 15) is 4.79 Å². The van der Waals surface area contributed by atoms with Crippen LogP contribution in [0.2, 0.25) is 0 Å². The highest BCUT2D eigenvalue weighted by Crippen LogP contribution is 2.43. The third-order valence-electron chi connectivity index (χ3n) is 2.25. The van der Waals surface area contributed by atoms with Crippen LogP contribution in [0.15, 0.2) is 4.60 Å². The number of aromatic nitrogens is 2. The van der Waals surface area contributed by atoms with Crippen molar-refractivity contribution in [3.63, 3.8) is 0 Å². The summed E-state index contributed by atoms with van der Waals surface area (Å²) < 4.78 is 2.33. The summed E-state index contributed by atoms with van der Waals surface area (Å²) >= 11 is 3.28. The van der Waals surface area contributed by atoms with Crippen molar-refractivity contribution in [3.8, 4) is 0 Å². The first kappa shape index (κ1) is 8.74. The second kappa shape index (κ2) is 2.83. The molecule has 1 aromatic heterocycles. The van der Waals surface area contributed by atoms with Crippen molar-refractivity contribution < 1.29 is 9.90 Å². The Bertz CT molecular complexity index is 368. The molecule has 0 atom stereocenters. The van der Waals surface area contributed by atoms with Gasteiger partial charge in [0.25, 0.3) is 0 Å². The van der Waals surface area contributed by atoms with Gasteiger partial charge in [-0.25, -0.2) is 9.78 Å². The van der Waals surface area contributed by atoms with Crippen molar-refractivity contribution in [2.24, 2.45) is 7.05 Å². The second-order valence-corrected chi connectivity index (χ2v) is 4.00. The molecule has 5 heteroatoms. The molecule has 13 heavy (non-hydrogen) atoms. The van der Waals surface area contributed by atoms with Gasteiger partial charge >= 0.3 is 5.97 Å². The molecule has 1 aliphatic rings. The van der Waals surface area contributed by atoms with Gasteiger partial charge in [0.2, 0.25) is 5.82 Å². The number of halogens is 1. The monoisotopic (exact) mass is 244 g/mol. The minimum Gasteiger partial charge on any atom is -0.475 e. The van der Waals surface area contributed by atoms with Crippen LogP contribution in [0.5, 0.6) is 0 Å². The smallest absolute Gasteiger partial charge is 0.372 e. The molecule has 1 fully saturated rings. The fraction of sp³-hybridized carbons (Fsp3) is 0.500. The maximum atomic E-state index is 10.7. The van der Waals surface area contributed by atoms with E-state index in [4.69, 9.17) is 5.11 Å². The van der Waals surface area contributed by atoms with Gasteiger partial charge < -0.3 is 9.67 Å². The SMILES string of the molecule is Cn1c(C(=O)O)nc(Br)c1C1CC1. The quantitative estimate of drug-likeness (QED) is 0.863. The van der Waals surface area contributed by atoms with Crippen molar-refractivity contribution in [2.45, 2.75) is 18.8 Å². The Kier molecular flexibility index (Phi) is 1.91. The van der Waals surface area contributed by atoms with Crippen LogP contribution in [-0.4, -0.2) is 20.6 Å². The average molecular weight is 245 g/mol. The number of carboxylic acids is 1. The van der Waals surface area contributed by atoms with Crippen LogP contribution >= 0.6 is 15.9 Å². The molecule has 0 spiro atoms. The van der Waals surface area contributed by atoms with Crippen LogP contribution in [0.3, 0.4) is 0 Å². The fourth-order valence-electron chi connectivity index (χ4n) is 1.47. The van der Waals surface area contributed by atoms with E-state index < -0.39 is 5.97 Å². The van der Waals surface area contributed by atoms with Gasteiger partial charge in [0.05, 0.1) is 5.69 Å². The first-order valence-electron chi connectivity index (χ1n) is 4.06. The lowest BCUT2D eigenvalue weighted by Crippen LogP contribution is -2.07. The molecule has 0 amide bonds. The van der Waals surface area contributed by atoms with Gasteiger partial charge in [-0.15, -0.1) is 0 Å². The minimum atomic E-state index is -0.977. The molecule has 70 valence electrons. The number of imidazole rings is 1. The van der Waals surface area contributed by atoms with Gasteiger partial charge in [-0.1, -0.05) is 0 Å². The summed E-state index contributed by atoms with van der Waals surface area (Å²) in [6.45, 7) is 0. The number of hydrogen-bond donors (Lipinski definition) is 1. The zero-order valence-electron chi connectivity index (χ0n) is 7.12. The Morgan fingerprint density at radius 2 is 2.31 bits per heavy atom. The van der Waals surface area contributed by atoms with E-state index in [0.717, 1.165) is 18.5 Å². The van der Waals surface area contributed by atoms with Crippen molar-refractivity contribution in [3.05, 3.63) is 16.1 Å². The fourth-order valence-corrected chi connectivity index (χ4v) is 2.23. The molecule has 4 nitrogen and oxygen atoms in total. The van der Waals surface area contributed by atoms with Crippen LogP contribution < -0.4 is 0 Å². The summed E-state index contributed by atoms with van der Waals surface area (Å²) in [6, 6.07) is 0. The molecule has 1 aromatic rings. The lowest BCUT2D eigenvalue weighted by Gasteiger charge is -2.00. The van der Waals surface area contributed by atoms with Crippen molar-refractivity contribution >= 4 is 21.9 Å².